The van der Waals surface area contributed by atoms with Crippen molar-refractivity contribution in [2.24, 2.45) is 0 Å². The minimum atomic E-state index is 0.122. The van der Waals surface area contributed by atoms with Crippen LogP contribution in [-0.2, 0) is 4.74 Å². The molecule has 2 nitrogen and oxygen atoms in total. The highest BCUT2D eigenvalue weighted by atomic mass is 16.5. The second kappa shape index (κ2) is 11.1. The van der Waals surface area contributed by atoms with Crippen LogP contribution in [-0.4, -0.2) is 25.4 Å². The third-order valence-electron chi connectivity index (χ3n) is 1.95. The fourth-order valence-electron chi connectivity index (χ4n) is 1.22. The van der Waals surface area contributed by atoms with E-state index in [4.69, 9.17) is 5.11 Å². The molecule has 0 aliphatic heterocycles. The van der Waals surface area contributed by atoms with Gasteiger partial charge in [0.1, 0.15) is 0 Å². The van der Waals surface area contributed by atoms with Gasteiger partial charge in [0.25, 0.3) is 0 Å². The number of rotatable bonds is 2. The largest absolute Gasteiger partial charge is 0.394 e. The molecule has 0 saturated heterocycles. The summed E-state index contributed by atoms with van der Waals surface area (Å²) in [5.74, 6) is 0. The fraction of sp³-hybridized carbons (Fsp3) is 0.333. The molecular weight excluding hydrogens is 212 g/mol. The number of aliphatic hydroxyl groups excluding tert-OH is 1. The molecule has 0 aromatic heterocycles. The summed E-state index contributed by atoms with van der Waals surface area (Å²) in [7, 11) is 1.55. The van der Waals surface area contributed by atoms with E-state index in [0.717, 1.165) is 0 Å². The van der Waals surface area contributed by atoms with E-state index >= 15 is 0 Å². The molecule has 0 bridgehead atoms. The summed E-state index contributed by atoms with van der Waals surface area (Å²) in [6, 6.07) is 16.7. The maximum absolute atomic E-state index is 7.94. The predicted molar refractivity (Wildman–Crippen MR) is 74.3 cm³/mol. The van der Waals surface area contributed by atoms with E-state index in [1.165, 1.54) is 10.8 Å². The Morgan fingerprint density at radius 2 is 1.24 bits per heavy atom. The molecule has 0 radical (unpaired) electrons. The zero-order chi connectivity index (χ0) is 12.9. The summed E-state index contributed by atoms with van der Waals surface area (Å²) in [6.07, 6.45) is 0. The van der Waals surface area contributed by atoms with Crippen molar-refractivity contribution < 1.29 is 9.84 Å². The van der Waals surface area contributed by atoms with Gasteiger partial charge in [-0.1, -0.05) is 62.4 Å². The monoisotopic (exact) mass is 234 g/mol. The lowest BCUT2D eigenvalue weighted by atomic mass is 10.1. The molecule has 0 spiro atoms. The molecular formula is C15H22O2. The summed E-state index contributed by atoms with van der Waals surface area (Å²) in [5.41, 5.74) is 0. The normalized spacial score (nSPS) is 8.71. The van der Waals surface area contributed by atoms with Gasteiger partial charge in [0.2, 0.25) is 0 Å². The van der Waals surface area contributed by atoms with Crippen LogP contribution in [0.4, 0.5) is 0 Å². The van der Waals surface area contributed by atoms with Gasteiger partial charge in [-0.3, -0.25) is 0 Å². The summed E-state index contributed by atoms with van der Waals surface area (Å²) >= 11 is 0. The van der Waals surface area contributed by atoms with Crippen LogP contribution in [0, 0.1) is 0 Å². The van der Waals surface area contributed by atoms with Crippen molar-refractivity contribution in [2.75, 3.05) is 20.3 Å². The van der Waals surface area contributed by atoms with Crippen molar-refractivity contribution in [1.29, 1.82) is 0 Å². The quantitative estimate of drug-likeness (QED) is 0.862. The van der Waals surface area contributed by atoms with Gasteiger partial charge < -0.3 is 9.84 Å². The van der Waals surface area contributed by atoms with Crippen molar-refractivity contribution in [3.63, 3.8) is 0 Å². The van der Waals surface area contributed by atoms with Crippen molar-refractivity contribution >= 4 is 10.8 Å². The summed E-state index contributed by atoms with van der Waals surface area (Å²) in [6.45, 7) is 4.57. The SMILES string of the molecule is CC.COCCO.c1ccc2ccccc2c1. The van der Waals surface area contributed by atoms with Crippen LogP contribution in [0.2, 0.25) is 0 Å². The lowest BCUT2D eigenvalue weighted by Crippen LogP contribution is -1.91. The molecule has 2 rings (SSSR count). The molecule has 17 heavy (non-hydrogen) atoms. The van der Waals surface area contributed by atoms with Gasteiger partial charge in [0.05, 0.1) is 13.2 Å². The van der Waals surface area contributed by atoms with E-state index in [1.54, 1.807) is 7.11 Å². The van der Waals surface area contributed by atoms with Crippen LogP contribution >= 0.6 is 0 Å². The molecule has 2 heteroatoms. The lowest BCUT2D eigenvalue weighted by Gasteiger charge is -1.92. The van der Waals surface area contributed by atoms with Gasteiger partial charge in [-0.2, -0.15) is 0 Å². The minimum absolute atomic E-state index is 0.122. The molecule has 0 aliphatic rings. The molecule has 0 fully saturated rings. The van der Waals surface area contributed by atoms with Gasteiger partial charge >= 0.3 is 0 Å². The Hall–Kier alpha value is -1.38. The smallest absolute Gasteiger partial charge is 0.0693 e. The van der Waals surface area contributed by atoms with Gasteiger partial charge in [0, 0.05) is 7.11 Å². The minimum Gasteiger partial charge on any atom is -0.394 e. The fourth-order valence-corrected chi connectivity index (χ4v) is 1.22. The Morgan fingerprint density at radius 1 is 0.882 bits per heavy atom. The van der Waals surface area contributed by atoms with E-state index in [2.05, 4.69) is 53.3 Å². The third kappa shape index (κ3) is 6.72. The second-order valence-corrected chi connectivity index (χ2v) is 3.06. The van der Waals surface area contributed by atoms with E-state index in [9.17, 15) is 0 Å². The number of aliphatic hydroxyl groups is 1. The van der Waals surface area contributed by atoms with E-state index in [1.807, 2.05) is 13.8 Å². The Labute approximate surface area is 104 Å². The second-order valence-electron chi connectivity index (χ2n) is 3.06. The Morgan fingerprint density at radius 3 is 1.41 bits per heavy atom. The maximum atomic E-state index is 7.94. The van der Waals surface area contributed by atoms with Crippen LogP contribution in [0.5, 0.6) is 0 Å². The predicted octanol–water partition coefficient (Wildman–Crippen LogP) is 3.49. The molecule has 2 aromatic rings. The molecule has 0 heterocycles. The first kappa shape index (κ1) is 15.6. The van der Waals surface area contributed by atoms with Crippen LogP contribution in [0.15, 0.2) is 48.5 Å². The number of methoxy groups -OCH3 is 1. The van der Waals surface area contributed by atoms with Gasteiger partial charge in [0.15, 0.2) is 0 Å². The van der Waals surface area contributed by atoms with Crippen LogP contribution in [0.25, 0.3) is 10.8 Å². The summed E-state index contributed by atoms with van der Waals surface area (Å²) < 4.78 is 4.44. The highest BCUT2D eigenvalue weighted by Gasteiger charge is 1.85. The Bertz CT molecular complexity index is 318. The third-order valence-corrected chi connectivity index (χ3v) is 1.95. The number of hydrogen-bond donors (Lipinski definition) is 1. The number of fused-ring (bicyclic) bond motifs is 1. The molecule has 94 valence electrons. The molecule has 0 saturated carbocycles. The van der Waals surface area contributed by atoms with Crippen LogP contribution in [0.1, 0.15) is 13.8 Å². The average Bonchev–Trinajstić information content (AvgIpc) is 2.43. The molecule has 0 atom stereocenters. The van der Waals surface area contributed by atoms with E-state index in [-0.39, 0.29) is 6.61 Å². The van der Waals surface area contributed by atoms with Crippen molar-refractivity contribution in [1.82, 2.24) is 0 Å². The maximum Gasteiger partial charge on any atom is 0.0693 e. The standard InChI is InChI=1S/C10H8.C3H8O2.C2H6/c1-2-6-10-8-4-3-7-9(10)5-1;1-5-3-2-4;1-2/h1-8H;4H,2-3H2,1H3;1-2H3. The highest BCUT2D eigenvalue weighted by molar-refractivity contribution is 5.81. The van der Waals surface area contributed by atoms with Crippen molar-refractivity contribution in [3.05, 3.63) is 48.5 Å². The zero-order valence-corrected chi connectivity index (χ0v) is 10.9. The van der Waals surface area contributed by atoms with Crippen LogP contribution < -0.4 is 0 Å². The lowest BCUT2D eigenvalue weighted by molar-refractivity contribution is 0.135. The van der Waals surface area contributed by atoms with Crippen LogP contribution in [0.3, 0.4) is 0 Å². The first-order valence-electron chi connectivity index (χ1n) is 5.92. The first-order valence-corrected chi connectivity index (χ1v) is 5.92. The number of ether oxygens (including phenoxy) is 1. The summed E-state index contributed by atoms with van der Waals surface area (Å²) in [4.78, 5) is 0. The number of benzene rings is 2. The van der Waals surface area contributed by atoms with E-state index in [0.29, 0.717) is 6.61 Å². The van der Waals surface area contributed by atoms with Gasteiger partial charge in [-0.15, -0.1) is 0 Å². The first-order chi connectivity index (χ1) is 8.38. The molecule has 0 aliphatic carbocycles. The Balaban J connectivity index is 0.000000315. The topological polar surface area (TPSA) is 29.5 Å². The number of hydrogen-bond acceptors (Lipinski definition) is 2. The van der Waals surface area contributed by atoms with E-state index < -0.39 is 0 Å². The highest BCUT2D eigenvalue weighted by Crippen LogP contribution is 2.11. The molecule has 0 amide bonds. The molecule has 2 aromatic carbocycles. The average molecular weight is 234 g/mol. The molecule has 0 unspecified atom stereocenters. The van der Waals surface area contributed by atoms with Crippen molar-refractivity contribution in [3.8, 4) is 0 Å². The van der Waals surface area contributed by atoms with Gasteiger partial charge in [-0.05, 0) is 10.8 Å². The van der Waals surface area contributed by atoms with Gasteiger partial charge in [-0.25, -0.2) is 0 Å². The molecule has 1 N–H and O–H groups in total. The summed E-state index contributed by atoms with van der Waals surface area (Å²) in [5, 5.41) is 10.6. The van der Waals surface area contributed by atoms with Crippen molar-refractivity contribution in [2.45, 2.75) is 13.8 Å². The Kier molecular flexibility index (Phi) is 10.2. The zero-order valence-electron chi connectivity index (χ0n) is 10.9.